The zero-order valence-electron chi connectivity index (χ0n) is 3.78. The third-order valence-electron chi connectivity index (χ3n) is 0.118. The maximum Gasteiger partial charge on any atom is 0.00506 e. The number of rotatable bonds is 1. The van der Waals surface area contributed by atoms with Crippen LogP contribution in [0, 0.1) is 0 Å². The quantitative estimate of drug-likeness (QED) is 0.275. The molecular formula is C4H10N2. The van der Waals surface area contributed by atoms with E-state index < -0.39 is 0 Å². The normalized spacial score (nSPS) is 4.17. The maximum absolute atomic E-state index is 4.66. The van der Waals surface area contributed by atoms with Crippen LogP contribution in [0.5, 0.6) is 0 Å². The Morgan fingerprint density at radius 3 is 1.67 bits per heavy atom. The lowest BCUT2D eigenvalue weighted by Gasteiger charge is -1.72. The molecule has 0 heterocycles. The fourth-order valence-electron chi connectivity index (χ4n) is 0. The fourth-order valence-corrected chi connectivity index (χ4v) is 0. The van der Waals surface area contributed by atoms with Crippen LogP contribution in [-0.4, -0.2) is 0 Å². The smallest absolute Gasteiger partial charge is 0.00506 e. The number of nitrogens with one attached hydrogen (secondary N) is 1. The van der Waals surface area contributed by atoms with Gasteiger partial charge in [0.2, 0.25) is 0 Å². The van der Waals surface area contributed by atoms with Crippen molar-refractivity contribution < 1.29 is 0 Å². The van der Waals surface area contributed by atoms with Crippen molar-refractivity contribution in [2.45, 2.75) is 0 Å². The molecule has 0 atom stereocenters. The van der Waals surface area contributed by atoms with E-state index in [1.54, 1.807) is 0 Å². The van der Waals surface area contributed by atoms with Crippen molar-refractivity contribution in [1.82, 2.24) is 5.43 Å². The van der Waals surface area contributed by atoms with Gasteiger partial charge >= 0.3 is 0 Å². The van der Waals surface area contributed by atoms with Gasteiger partial charge in [0.25, 0.3) is 0 Å². The van der Waals surface area contributed by atoms with Gasteiger partial charge < -0.3 is 5.43 Å². The summed E-state index contributed by atoms with van der Waals surface area (Å²) >= 11 is 0. The van der Waals surface area contributed by atoms with E-state index in [0.29, 0.717) is 0 Å². The van der Waals surface area contributed by atoms with E-state index in [0.717, 1.165) is 0 Å². The predicted octanol–water partition coefficient (Wildman–Crippen LogP) is 0.395. The number of hydrazine groups is 1. The van der Waals surface area contributed by atoms with Crippen molar-refractivity contribution in [3.05, 3.63) is 25.9 Å². The zero-order chi connectivity index (χ0) is 5.41. The Balaban J connectivity index is 0. The molecule has 0 amide bonds. The van der Waals surface area contributed by atoms with Crippen LogP contribution in [0.1, 0.15) is 0 Å². The third kappa shape index (κ3) is 282. The topological polar surface area (TPSA) is 38.0 Å². The second-order valence-corrected chi connectivity index (χ2v) is 0.371. The third-order valence-corrected chi connectivity index (χ3v) is 0.118. The first-order valence-electron chi connectivity index (χ1n) is 1.49. The first-order chi connectivity index (χ1) is 2.91. The van der Waals surface area contributed by atoms with Crippen LogP contribution in [0.15, 0.2) is 25.9 Å². The molecule has 0 fully saturated rings. The first kappa shape index (κ1) is 8.97. The summed E-state index contributed by atoms with van der Waals surface area (Å²) in [6.07, 6.45) is 1.40. The summed E-state index contributed by atoms with van der Waals surface area (Å²) in [6.45, 7) is 9.24. The molecule has 0 aromatic carbocycles. The molecule has 0 aromatic heterocycles. The van der Waals surface area contributed by atoms with Crippen molar-refractivity contribution in [3.8, 4) is 0 Å². The van der Waals surface area contributed by atoms with Crippen LogP contribution in [0.4, 0.5) is 0 Å². The lowest BCUT2D eigenvalue weighted by atomic mass is 11.1. The Labute approximate surface area is 38.3 Å². The highest BCUT2D eigenvalue weighted by Crippen LogP contribution is 1.26. The Morgan fingerprint density at radius 2 is 1.67 bits per heavy atom. The molecule has 0 rings (SSSR count). The summed E-state index contributed by atoms with van der Waals surface area (Å²) in [7, 11) is 0. The number of hydrogen-bond donors (Lipinski definition) is 2. The van der Waals surface area contributed by atoms with Gasteiger partial charge in [0.1, 0.15) is 0 Å². The highest BCUT2D eigenvalue weighted by Gasteiger charge is 1.33. The van der Waals surface area contributed by atoms with E-state index in [4.69, 9.17) is 0 Å². The van der Waals surface area contributed by atoms with Crippen molar-refractivity contribution >= 4 is 0 Å². The van der Waals surface area contributed by atoms with Crippen LogP contribution in [0.25, 0.3) is 0 Å². The second kappa shape index (κ2) is 28.9. The largest absolute Gasteiger partial charge is 0.332 e. The number of hydrogen-bond acceptors (Lipinski definition) is 2. The van der Waals surface area contributed by atoms with Gasteiger partial charge in [0.05, 0.1) is 0 Å². The molecule has 3 N–H and O–H groups in total. The highest BCUT2D eigenvalue weighted by atomic mass is 15.2. The average Bonchev–Trinajstić information content (AvgIpc) is 1.72. The van der Waals surface area contributed by atoms with Crippen LogP contribution in [0.3, 0.4) is 0 Å². The molecular weight excluding hydrogens is 76.1 g/mol. The molecule has 36 valence electrons. The molecule has 0 unspecified atom stereocenters. The summed E-state index contributed by atoms with van der Waals surface area (Å²) in [5.41, 5.74) is 2.19. The minimum atomic E-state index is 1.40. The van der Waals surface area contributed by atoms with Crippen LogP contribution in [-0.2, 0) is 0 Å². The lowest BCUT2D eigenvalue weighted by molar-refractivity contribution is 0.972. The molecule has 2 nitrogen and oxygen atoms in total. The summed E-state index contributed by atoms with van der Waals surface area (Å²) in [4.78, 5) is 0. The molecule has 0 aliphatic rings. The lowest BCUT2D eigenvalue weighted by Crippen LogP contribution is -2.11. The van der Waals surface area contributed by atoms with E-state index in [-0.39, 0.29) is 0 Å². The van der Waals surface area contributed by atoms with Crippen LogP contribution in [0.2, 0.25) is 0 Å². The Kier molecular flexibility index (Phi) is 43.3. The SMILES string of the molecule is C=C.C=CNN. The van der Waals surface area contributed by atoms with E-state index in [9.17, 15) is 0 Å². The van der Waals surface area contributed by atoms with Crippen molar-refractivity contribution in [2.24, 2.45) is 5.84 Å². The van der Waals surface area contributed by atoms with Crippen molar-refractivity contribution in [1.29, 1.82) is 0 Å². The van der Waals surface area contributed by atoms with Gasteiger partial charge in [-0.15, -0.1) is 13.2 Å². The van der Waals surface area contributed by atoms with Crippen molar-refractivity contribution in [2.75, 3.05) is 0 Å². The fraction of sp³-hybridized carbons (Fsp3) is 0. The van der Waals surface area contributed by atoms with E-state index in [1.165, 1.54) is 6.20 Å². The monoisotopic (exact) mass is 86.1 g/mol. The Morgan fingerprint density at radius 1 is 1.50 bits per heavy atom. The minimum Gasteiger partial charge on any atom is -0.332 e. The number of nitrogens with two attached hydrogens (primary N) is 1. The summed E-state index contributed by atoms with van der Waals surface area (Å²) < 4.78 is 0. The average molecular weight is 86.1 g/mol. The zero-order valence-corrected chi connectivity index (χ0v) is 3.78. The van der Waals surface area contributed by atoms with Gasteiger partial charge in [-0.25, -0.2) is 0 Å². The van der Waals surface area contributed by atoms with Crippen LogP contribution >= 0.6 is 0 Å². The molecule has 0 saturated heterocycles. The Bertz CT molecular complexity index is 26.7. The Hall–Kier alpha value is -0.760. The van der Waals surface area contributed by atoms with Gasteiger partial charge in [-0.05, 0) is 0 Å². The van der Waals surface area contributed by atoms with Gasteiger partial charge in [-0.1, -0.05) is 6.58 Å². The maximum atomic E-state index is 4.66. The molecule has 6 heavy (non-hydrogen) atoms. The van der Waals surface area contributed by atoms with E-state index in [1.807, 2.05) is 0 Å². The summed E-state index contributed by atoms with van der Waals surface area (Å²) in [6, 6.07) is 0. The molecule has 0 bridgehead atoms. The first-order valence-corrected chi connectivity index (χ1v) is 1.49. The summed E-state index contributed by atoms with van der Waals surface area (Å²) in [5.74, 6) is 4.66. The summed E-state index contributed by atoms with van der Waals surface area (Å²) in [5, 5.41) is 0. The van der Waals surface area contributed by atoms with E-state index >= 15 is 0 Å². The molecule has 0 radical (unpaired) electrons. The van der Waals surface area contributed by atoms with Gasteiger partial charge in [0.15, 0.2) is 0 Å². The molecule has 0 saturated carbocycles. The van der Waals surface area contributed by atoms with E-state index in [2.05, 4.69) is 31.0 Å². The standard InChI is InChI=1S/C2H6N2.C2H4/c1-2-4-3;1-2/h2,4H,1,3H2;1-2H2. The van der Waals surface area contributed by atoms with Crippen LogP contribution < -0.4 is 11.3 Å². The highest BCUT2D eigenvalue weighted by molar-refractivity contribution is 4.53. The molecule has 0 aliphatic carbocycles. The predicted molar refractivity (Wildman–Crippen MR) is 28.8 cm³/mol. The molecule has 0 aromatic rings. The second-order valence-electron chi connectivity index (χ2n) is 0.371. The molecule has 0 aliphatic heterocycles. The molecule has 0 spiro atoms. The van der Waals surface area contributed by atoms with Gasteiger partial charge in [-0.3, -0.25) is 5.84 Å². The minimum absolute atomic E-state index is 1.40. The van der Waals surface area contributed by atoms with Crippen molar-refractivity contribution in [3.63, 3.8) is 0 Å². The molecule has 2 heteroatoms. The van der Waals surface area contributed by atoms with Gasteiger partial charge in [-0.2, -0.15) is 0 Å². The van der Waals surface area contributed by atoms with Gasteiger partial charge in [0, 0.05) is 6.20 Å².